The first-order valence-corrected chi connectivity index (χ1v) is 9.64. The summed E-state index contributed by atoms with van der Waals surface area (Å²) in [6, 6.07) is 14.0. The van der Waals surface area contributed by atoms with Crippen LogP contribution in [0.4, 0.5) is 4.39 Å². The van der Waals surface area contributed by atoms with E-state index in [9.17, 15) is 17.6 Å². The van der Waals surface area contributed by atoms with Crippen molar-refractivity contribution in [3.8, 4) is 0 Å². The van der Waals surface area contributed by atoms with E-state index < -0.39 is 9.84 Å². The highest BCUT2D eigenvalue weighted by Gasteiger charge is 2.21. The zero-order valence-corrected chi connectivity index (χ0v) is 15.1. The van der Waals surface area contributed by atoms with Crippen LogP contribution in [-0.2, 0) is 21.1 Å². The van der Waals surface area contributed by atoms with E-state index in [0.717, 1.165) is 11.1 Å². The van der Waals surface area contributed by atoms with Crippen molar-refractivity contribution in [1.29, 1.82) is 0 Å². The molecule has 136 valence electrons. The molecule has 0 aliphatic rings. The first-order chi connectivity index (χ1) is 13.0. The summed E-state index contributed by atoms with van der Waals surface area (Å²) in [4.78, 5) is 14.8. The van der Waals surface area contributed by atoms with Gasteiger partial charge in [-0.15, -0.1) is 0 Å². The molecule has 1 heterocycles. The van der Waals surface area contributed by atoms with E-state index in [1.807, 2.05) is 12.2 Å². The van der Waals surface area contributed by atoms with Gasteiger partial charge in [0.1, 0.15) is 12.1 Å². The molecule has 0 saturated carbocycles. The third-order valence-corrected chi connectivity index (χ3v) is 5.83. The van der Waals surface area contributed by atoms with E-state index in [0.29, 0.717) is 11.8 Å². The summed E-state index contributed by atoms with van der Waals surface area (Å²) in [5.41, 5.74) is 2.06. The van der Waals surface area contributed by atoms with Gasteiger partial charge in [0, 0.05) is 18.8 Å². The highest BCUT2D eigenvalue weighted by atomic mass is 32.2. The number of carbonyl (C=O) groups is 1. The lowest BCUT2D eigenvalue weighted by Gasteiger charge is -2.08. The van der Waals surface area contributed by atoms with Crippen molar-refractivity contribution in [3.63, 3.8) is 0 Å². The summed E-state index contributed by atoms with van der Waals surface area (Å²) in [5.74, 6) is -0.300. The lowest BCUT2D eigenvalue weighted by Crippen LogP contribution is -2.07. The topological polar surface area (TPSA) is 64.1 Å². The number of halogens is 1. The number of rotatable bonds is 6. The van der Waals surface area contributed by atoms with Gasteiger partial charge in [-0.2, -0.15) is 0 Å². The second-order valence-corrected chi connectivity index (χ2v) is 7.73. The number of hydrogen-bond acceptors (Lipinski definition) is 4. The molecule has 3 rings (SSSR count). The van der Waals surface area contributed by atoms with Crippen molar-refractivity contribution in [2.45, 2.75) is 16.2 Å². The summed E-state index contributed by atoms with van der Waals surface area (Å²) in [5, 5.41) is 0. The summed E-state index contributed by atoms with van der Waals surface area (Å²) in [6.07, 6.45) is 7.02. The normalized spacial score (nSPS) is 11.6. The van der Waals surface area contributed by atoms with Crippen LogP contribution in [0.2, 0.25) is 0 Å². The van der Waals surface area contributed by atoms with E-state index >= 15 is 0 Å². The van der Waals surface area contributed by atoms with Gasteiger partial charge in [0.25, 0.3) is 0 Å². The number of benzene rings is 2. The number of carbonyl (C=O) groups excluding carboxylic acids is 1. The molecular formula is C21H16FNO3S. The van der Waals surface area contributed by atoms with Crippen LogP contribution < -0.4 is 0 Å². The minimum Gasteiger partial charge on any atom is -0.303 e. The number of pyridine rings is 1. The number of aromatic nitrogens is 1. The predicted molar refractivity (Wildman–Crippen MR) is 101 cm³/mol. The minimum atomic E-state index is -3.77. The van der Waals surface area contributed by atoms with Crippen LogP contribution in [0.5, 0.6) is 0 Å². The molecule has 1 aromatic heterocycles. The van der Waals surface area contributed by atoms with E-state index in [2.05, 4.69) is 4.98 Å². The Balaban J connectivity index is 1.86. The molecule has 0 radical (unpaired) electrons. The van der Waals surface area contributed by atoms with E-state index in [1.54, 1.807) is 24.3 Å². The van der Waals surface area contributed by atoms with Crippen molar-refractivity contribution in [2.75, 3.05) is 0 Å². The fourth-order valence-corrected chi connectivity index (χ4v) is 4.01. The average molecular weight is 381 g/mol. The molecule has 0 aliphatic heterocycles. The molecule has 2 aromatic carbocycles. The summed E-state index contributed by atoms with van der Waals surface area (Å²) in [7, 11) is -3.77. The molecule has 4 nitrogen and oxygen atoms in total. The zero-order valence-electron chi connectivity index (χ0n) is 14.2. The van der Waals surface area contributed by atoms with Crippen molar-refractivity contribution in [2.24, 2.45) is 0 Å². The fraction of sp³-hybridized carbons (Fsp3) is 0.0476. The third-order valence-electron chi connectivity index (χ3n) is 3.99. The molecule has 0 saturated heterocycles. The average Bonchev–Trinajstić information content (AvgIpc) is 2.68. The molecule has 0 spiro atoms. The maximum atomic E-state index is 12.9. The Kier molecular flexibility index (Phi) is 5.57. The zero-order chi connectivity index (χ0) is 19.3. The largest absolute Gasteiger partial charge is 0.303 e. The Hall–Kier alpha value is -3.12. The number of aldehydes is 1. The van der Waals surface area contributed by atoms with E-state index in [1.165, 1.54) is 42.7 Å². The van der Waals surface area contributed by atoms with Crippen LogP contribution >= 0.6 is 0 Å². The van der Waals surface area contributed by atoms with Crippen molar-refractivity contribution in [3.05, 3.63) is 89.5 Å². The Morgan fingerprint density at radius 3 is 2.07 bits per heavy atom. The van der Waals surface area contributed by atoms with Crippen LogP contribution in [0.1, 0.15) is 16.7 Å². The second kappa shape index (κ2) is 8.05. The highest BCUT2D eigenvalue weighted by Crippen LogP contribution is 2.24. The van der Waals surface area contributed by atoms with E-state index in [4.69, 9.17) is 0 Å². The van der Waals surface area contributed by atoms with Crippen LogP contribution in [-0.4, -0.2) is 19.7 Å². The quantitative estimate of drug-likeness (QED) is 0.479. The fourth-order valence-electron chi connectivity index (χ4n) is 2.56. The minimum absolute atomic E-state index is 0.00950. The van der Waals surface area contributed by atoms with Crippen molar-refractivity contribution >= 4 is 28.3 Å². The summed E-state index contributed by atoms with van der Waals surface area (Å²) in [6.45, 7) is 0. The van der Waals surface area contributed by atoms with Crippen molar-refractivity contribution < 1.29 is 17.6 Å². The lowest BCUT2D eigenvalue weighted by molar-refractivity contribution is -0.107. The van der Waals surface area contributed by atoms with Gasteiger partial charge in [0.05, 0.1) is 9.79 Å². The Labute approximate surface area is 156 Å². The van der Waals surface area contributed by atoms with Crippen LogP contribution in [0, 0.1) is 5.82 Å². The van der Waals surface area contributed by atoms with Gasteiger partial charge in [-0.05, 0) is 47.0 Å². The van der Waals surface area contributed by atoms with Crippen LogP contribution in [0.3, 0.4) is 0 Å². The van der Waals surface area contributed by atoms with Gasteiger partial charge in [-0.25, -0.2) is 12.8 Å². The Bertz CT molecular complexity index is 1070. The molecule has 0 fully saturated rings. The standard InChI is InChI=1S/C21H16FNO3S/c22-19-7-3-16(4-8-19)1-2-17-5-9-20(10-6-17)27(25,26)21-15-23-13-11-18(21)12-14-24/h1-11,13-15H,12H2/b2-1+. The lowest BCUT2D eigenvalue weighted by atomic mass is 10.1. The molecule has 3 aromatic rings. The molecule has 0 atom stereocenters. The molecular weight excluding hydrogens is 365 g/mol. The number of nitrogens with zero attached hydrogens (tertiary/aromatic N) is 1. The summed E-state index contributed by atoms with van der Waals surface area (Å²) < 4.78 is 38.6. The van der Waals surface area contributed by atoms with Gasteiger partial charge in [-0.1, -0.05) is 36.4 Å². The van der Waals surface area contributed by atoms with Gasteiger partial charge < -0.3 is 4.79 Å². The molecule has 0 amide bonds. The van der Waals surface area contributed by atoms with Gasteiger partial charge in [-0.3, -0.25) is 4.98 Å². The van der Waals surface area contributed by atoms with Crippen LogP contribution in [0.15, 0.2) is 76.8 Å². The van der Waals surface area contributed by atoms with Crippen molar-refractivity contribution in [1.82, 2.24) is 4.98 Å². The molecule has 0 unspecified atom stereocenters. The Morgan fingerprint density at radius 1 is 0.889 bits per heavy atom. The predicted octanol–water partition coefficient (Wildman–Crippen LogP) is 3.97. The maximum absolute atomic E-state index is 12.9. The molecule has 0 N–H and O–H groups in total. The summed E-state index contributed by atoms with van der Waals surface area (Å²) >= 11 is 0. The third kappa shape index (κ3) is 4.35. The maximum Gasteiger partial charge on any atom is 0.208 e. The van der Waals surface area contributed by atoms with Gasteiger partial charge in [0.15, 0.2) is 0 Å². The van der Waals surface area contributed by atoms with E-state index in [-0.39, 0.29) is 22.0 Å². The SMILES string of the molecule is O=CCc1ccncc1S(=O)(=O)c1ccc(/C=C/c2ccc(F)cc2)cc1. The first kappa shape index (κ1) is 18.7. The second-order valence-electron chi connectivity index (χ2n) is 5.81. The molecule has 0 aliphatic carbocycles. The van der Waals surface area contributed by atoms with Crippen LogP contribution in [0.25, 0.3) is 12.2 Å². The smallest absolute Gasteiger partial charge is 0.208 e. The first-order valence-electron chi connectivity index (χ1n) is 8.16. The molecule has 0 bridgehead atoms. The number of hydrogen-bond donors (Lipinski definition) is 0. The van der Waals surface area contributed by atoms with Gasteiger partial charge >= 0.3 is 0 Å². The van der Waals surface area contributed by atoms with Gasteiger partial charge in [0.2, 0.25) is 9.84 Å². The monoisotopic (exact) mass is 381 g/mol. The Morgan fingerprint density at radius 2 is 1.48 bits per heavy atom. The molecule has 6 heteroatoms. The number of sulfone groups is 1. The molecule has 27 heavy (non-hydrogen) atoms. The highest BCUT2D eigenvalue weighted by molar-refractivity contribution is 7.91.